The molecule has 1 aliphatic heterocycles. The Bertz CT molecular complexity index is 1510. The van der Waals surface area contributed by atoms with Crippen LogP contribution in [0.5, 0.6) is 17.2 Å². The number of hydrogen-bond donors (Lipinski definition) is 1. The molecule has 1 saturated heterocycles. The largest absolute Gasteiger partial charge is 0.497 e. The summed E-state index contributed by atoms with van der Waals surface area (Å²) in [6, 6.07) is 21.0. The number of hydrogen-bond acceptors (Lipinski definition) is 6. The van der Waals surface area contributed by atoms with E-state index in [1.165, 1.54) is 18.6 Å². The number of rotatable bonds is 9. The molecule has 0 bridgehead atoms. The molecule has 0 atom stereocenters. The molecular weight excluding hydrogens is 563 g/mol. The molecule has 1 aromatic heterocycles. The fourth-order valence-corrected chi connectivity index (χ4v) is 5.80. The van der Waals surface area contributed by atoms with Gasteiger partial charge in [-0.25, -0.2) is 4.98 Å². The molecule has 218 valence electrons. The SMILES string of the molecule is COc1ccc(CSc2c(N3CCCCC3)ccnc2C(=O)Nc2ccc(Oc3cccc(C(F)(F)F)c3)cc2)cc1. The van der Waals surface area contributed by atoms with Crippen LogP contribution in [0.15, 0.2) is 90.0 Å². The zero-order valence-electron chi connectivity index (χ0n) is 23.0. The van der Waals surface area contributed by atoms with E-state index in [4.69, 9.17) is 9.47 Å². The van der Waals surface area contributed by atoms with Crippen molar-refractivity contribution in [2.24, 2.45) is 0 Å². The van der Waals surface area contributed by atoms with Gasteiger partial charge in [0.05, 0.1) is 23.3 Å². The van der Waals surface area contributed by atoms with E-state index in [0.29, 0.717) is 22.9 Å². The minimum atomic E-state index is -4.46. The first-order valence-electron chi connectivity index (χ1n) is 13.6. The zero-order valence-corrected chi connectivity index (χ0v) is 23.8. The van der Waals surface area contributed by atoms with Gasteiger partial charge in [0.15, 0.2) is 0 Å². The van der Waals surface area contributed by atoms with Crippen molar-refractivity contribution < 1.29 is 27.4 Å². The average molecular weight is 594 g/mol. The highest BCUT2D eigenvalue weighted by atomic mass is 32.2. The number of ether oxygens (including phenoxy) is 2. The Morgan fingerprint density at radius 2 is 1.64 bits per heavy atom. The molecule has 2 heterocycles. The van der Waals surface area contributed by atoms with Crippen LogP contribution in [0.3, 0.4) is 0 Å². The lowest BCUT2D eigenvalue weighted by atomic mass is 10.1. The van der Waals surface area contributed by atoms with Crippen molar-refractivity contribution in [3.63, 3.8) is 0 Å². The first-order valence-corrected chi connectivity index (χ1v) is 14.5. The molecule has 10 heteroatoms. The van der Waals surface area contributed by atoms with E-state index >= 15 is 0 Å². The third-order valence-electron chi connectivity index (χ3n) is 6.85. The number of aromatic nitrogens is 1. The number of pyridine rings is 1. The maximum Gasteiger partial charge on any atom is 0.416 e. The number of piperidine rings is 1. The fraction of sp³-hybridized carbons (Fsp3) is 0.250. The minimum Gasteiger partial charge on any atom is -0.497 e. The Balaban J connectivity index is 1.33. The van der Waals surface area contributed by atoms with Crippen LogP contribution in [0.2, 0.25) is 0 Å². The van der Waals surface area contributed by atoms with E-state index in [-0.39, 0.29) is 11.7 Å². The van der Waals surface area contributed by atoms with Crippen LogP contribution in [-0.4, -0.2) is 31.1 Å². The molecule has 6 nitrogen and oxygen atoms in total. The van der Waals surface area contributed by atoms with Gasteiger partial charge in [-0.05, 0) is 85.5 Å². The molecule has 1 fully saturated rings. The normalized spacial score (nSPS) is 13.5. The van der Waals surface area contributed by atoms with Gasteiger partial charge < -0.3 is 19.7 Å². The average Bonchev–Trinajstić information content (AvgIpc) is 3.01. The Hall–Kier alpha value is -4.18. The highest BCUT2D eigenvalue weighted by Crippen LogP contribution is 2.37. The lowest BCUT2D eigenvalue weighted by Gasteiger charge is -2.30. The van der Waals surface area contributed by atoms with Crippen molar-refractivity contribution in [1.82, 2.24) is 4.98 Å². The van der Waals surface area contributed by atoms with Gasteiger partial charge in [0.25, 0.3) is 5.91 Å². The van der Waals surface area contributed by atoms with E-state index in [0.717, 1.165) is 60.0 Å². The van der Waals surface area contributed by atoms with Gasteiger partial charge in [-0.3, -0.25) is 4.79 Å². The summed E-state index contributed by atoms with van der Waals surface area (Å²) in [6.45, 7) is 1.85. The Morgan fingerprint density at radius 3 is 2.33 bits per heavy atom. The topological polar surface area (TPSA) is 63.7 Å². The predicted molar refractivity (Wildman–Crippen MR) is 159 cm³/mol. The van der Waals surface area contributed by atoms with Crippen LogP contribution >= 0.6 is 11.8 Å². The van der Waals surface area contributed by atoms with Crippen molar-refractivity contribution in [2.45, 2.75) is 36.1 Å². The van der Waals surface area contributed by atoms with Gasteiger partial charge in [-0.15, -0.1) is 11.8 Å². The van der Waals surface area contributed by atoms with Gasteiger partial charge in [0.1, 0.15) is 22.9 Å². The Labute approximate surface area is 246 Å². The van der Waals surface area contributed by atoms with E-state index in [1.54, 1.807) is 49.3 Å². The van der Waals surface area contributed by atoms with Crippen LogP contribution in [-0.2, 0) is 11.9 Å². The van der Waals surface area contributed by atoms with Crippen molar-refractivity contribution in [1.29, 1.82) is 0 Å². The highest BCUT2D eigenvalue weighted by molar-refractivity contribution is 7.98. The zero-order chi connectivity index (χ0) is 29.5. The molecular formula is C32H30F3N3O3S. The smallest absolute Gasteiger partial charge is 0.416 e. The summed E-state index contributed by atoms with van der Waals surface area (Å²) in [5.41, 5.74) is 2.15. The van der Waals surface area contributed by atoms with E-state index in [1.807, 2.05) is 30.3 Å². The molecule has 5 rings (SSSR count). The summed E-state index contributed by atoms with van der Waals surface area (Å²) in [7, 11) is 1.63. The van der Waals surface area contributed by atoms with Crippen molar-refractivity contribution in [3.05, 3.63) is 102 Å². The van der Waals surface area contributed by atoms with Crippen molar-refractivity contribution >= 4 is 29.0 Å². The fourth-order valence-electron chi connectivity index (χ4n) is 4.67. The van der Waals surface area contributed by atoms with E-state index in [2.05, 4.69) is 15.2 Å². The van der Waals surface area contributed by atoms with Crippen LogP contribution in [0.4, 0.5) is 24.5 Å². The highest BCUT2D eigenvalue weighted by Gasteiger charge is 2.30. The van der Waals surface area contributed by atoms with Gasteiger partial charge >= 0.3 is 6.18 Å². The molecule has 1 N–H and O–H groups in total. The summed E-state index contributed by atoms with van der Waals surface area (Å²) in [4.78, 5) is 21.1. The van der Waals surface area contributed by atoms with Crippen molar-refractivity contribution in [2.75, 3.05) is 30.4 Å². The Kier molecular flexibility index (Phi) is 9.22. The lowest BCUT2D eigenvalue weighted by Crippen LogP contribution is -2.30. The van der Waals surface area contributed by atoms with Gasteiger partial charge in [-0.2, -0.15) is 13.2 Å². The second-order valence-electron chi connectivity index (χ2n) is 9.80. The molecule has 1 amide bonds. The number of halogens is 3. The van der Waals surface area contributed by atoms with Crippen LogP contribution < -0.4 is 19.7 Å². The second kappa shape index (κ2) is 13.2. The minimum absolute atomic E-state index is 0.0684. The third kappa shape index (κ3) is 7.36. The van der Waals surface area contributed by atoms with Crippen molar-refractivity contribution in [3.8, 4) is 17.2 Å². The number of amides is 1. The number of benzene rings is 3. The molecule has 0 spiro atoms. The molecule has 3 aromatic carbocycles. The number of carbonyl (C=O) groups is 1. The lowest BCUT2D eigenvalue weighted by molar-refractivity contribution is -0.137. The maximum atomic E-state index is 13.5. The van der Waals surface area contributed by atoms with Crippen LogP contribution in [0.25, 0.3) is 0 Å². The molecule has 0 radical (unpaired) electrons. The standard InChI is InChI=1S/C32H30F3N3O3S/c1-40-25-12-8-22(9-13-25)21-42-30-28(38-18-3-2-4-19-38)16-17-36-29(30)31(39)37-24-10-14-26(15-11-24)41-27-7-5-6-23(20-27)32(33,34)35/h5-17,20H,2-4,18-19,21H2,1H3,(H,37,39). The Morgan fingerprint density at radius 1 is 0.929 bits per heavy atom. The number of thioether (sulfide) groups is 1. The molecule has 4 aromatic rings. The summed E-state index contributed by atoms with van der Waals surface area (Å²) in [5.74, 6) is 1.49. The molecule has 0 unspecified atom stereocenters. The molecule has 0 aliphatic carbocycles. The molecule has 0 saturated carbocycles. The van der Waals surface area contributed by atoms with Crippen LogP contribution in [0.1, 0.15) is 40.9 Å². The number of carbonyl (C=O) groups excluding carboxylic acids is 1. The molecule has 42 heavy (non-hydrogen) atoms. The maximum absolute atomic E-state index is 13.5. The number of nitrogens with one attached hydrogen (secondary N) is 1. The number of alkyl halides is 3. The predicted octanol–water partition coefficient (Wildman–Crippen LogP) is 8.44. The summed E-state index contributed by atoms with van der Waals surface area (Å²) >= 11 is 1.57. The van der Waals surface area contributed by atoms with Gasteiger partial charge in [0.2, 0.25) is 0 Å². The van der Waals surface area contributed by atoms with Crippen LogP contribution in [0, 0.1) is 0 Å². The second-order valence-corrected chi connectivity index (χ2v) is 10.8. The molecule has 1 aliphatic rings. The summed E-state index contributed by atoms with van der Waals surface area (Å²) in [5, 5.41) is 2.91. The first-order chi connectivity index (χ1) is 20.3. The van der Waals surface area contributed by atoms with E-state index in [9.17, 15) is 18.0 Å². The third-order valence-corrected chi connectivity index (χ3v) is 8.02. The van der Waals surface area contributed by atoms with Gasteiger partial charge in [-0.1, -0.05) is 18.2 Å². The number of anilines is 2. The van der Waals surface area contributed by atoms with Gasteiger partial charge in [0, 0.05) is 30.7 Å². The summed E-state index contributed by atoms with van der Waals surface area (Å²) in [6.07, 6.45) is 0.598. The monoisotopic (exact) mass is 593 g/mol. The quantitative estimate of drug-likeness (QED) is 0.197. The van der Waals surface area contributed by atoms with E-state index < -0.39 is 11.7 Å². The summed E-state index contributed by atoms with van der Waals surface area (Å²) < 4.78 is 50.0. The first kappa shape index (κ1) is 29.3. The number of methoxy groups -OCH3 is 1. The number of nitrogens with zero attached hydrogens (tertiary/aromatic N) is 2.